The Labute approximate surface area is 168 Å². The number of aromatic nitrogens is 2. The largest absolute Gasteiger partial charge is 0.454 e. The predicted molar refractivity (Wildman–Crippen MR) is 110 cm³/mol. The molecule has 1 saturated carbocycles. The van der Waals surface area contributed by atoms with E-state index in [-0.39, 0.29) is 18.6 Å². The minimum atomic E-state index is 0.0387. The van der Waals surface area contributed by atoms with Gasteiger partial charge in [-0.2, -0.15) is 0 Å². The monoisotopic (exact) mass is 387 g/mol. The van der Waals surface area contributed by atoms with Crippen LogP contribution in [0.5, 0.6) is 11.5 Å². The van der Waals surface area contributed by atoms with Crippen molar-refractivity contribution in [1.29, 1.82) is 0 Å². The molecule has 0 bridgehead atoms. The third-order valence-electron chi connectivity index (χ3n) is 5.40. The molecule has 2 aliphatic rings. The van der Waals surface area contributed by atoms with Crippen molar-refractivity contribution in [3.63, 3.8) is 0 Å². The van der Waals surface area contributed by atoms with Gasteiger partial charge in [-0.1, -0.05) is 43.2 Å². The molecule has 6 nitrogen and oxygen atoms in total. The first-order valence-corrected chi connectivity index (χ1v) is 9.92. The fraction of sp³-hybridized carbons (Fsp3) is 0.261. The van der Waals surface area contributed by atoms with E-state index >= 15 is 0 Å². The third kappa shape index (κ3) is 3.66. The molecule has 0 saturated heterocycles. The van der Waals surface area contributed by atoms with Crippen LogP contribution >= 0.6 is 0 Å². The molecular weight excluding hydrogens is 366 g/mol. The number of benzene rings is 2. The summed E-state index contributed by atoms with van der Waals surface area (Å²) in [5.41, 5.74) is 2.50. The van der Waals surface area contributed by atoms with Crippen LogP contribution in [0.1, 0.15) is 25.7 Å². The van der Waals surface area contributed by atoms with Crippen LogP contribution in [0.4, 0.5) is 5.82 Å². The average molecular weight is 387 g/mol. The van der Waals surface area contributed by atoms with Crippen LogP contribution in [0.15, 0.2) is 54.6 Å². The predicted octanol–water partition coefficient (Wildman–Crippen LogP) is 4.67. The summed E-state index contributed by atoms with van der Waals surface area (Å²) in [4.78, 5) is 22.0. The molecule has 0 atom stereocenters. The van der Waals surface area contributed by atoms with E-state index in [9.17, 15) is 4.79 Å². The van der Waals surface area contributed by atoms with Gasteiger partial charge in [-0.05, 0) is 31.0 Å². The molecule has 0 spiro atoms. The van der Waals surface area contributed by atoms with Crippen LogP contribution in [0.2, 0.25) is 0 Å². The molecule has 1 aliphatic carbocycles. The maximum atomic E-state index is 12.7. The van der Waals surface area contributed by atoms with Gasteiger partial charge in [-0.25, -0.2) is 9.97 Å². The maximum absolute atomic E-state index is 12.7. The van der Waals surface area contributed by atoms with Gasteiger partial charge >= 0.3 is 0 Å². The smallest absolute Gasteiger partial charge is 0.231 e. The van der Waals surface area contributed by atoms with Crippen molar-refractivity contribution in [1.82, 2.24) is 9.97 Å². The van der Waals surface area contributed by atoms with Gasteiger partial charge in [0.25, 0.3) is 0 Å². The van der Waals surface area contributed by atoms with E-state index < -0.39 is 0 Å². The van der Waals surface area contributed by atoms with Gasteiger partial charge in [-0.3, -0.25) is 4.79 Å². The van der Waals surface area contributed by atoms with Gasteiger partial charge in [0.05, 0.1) is 5.69 Å². The highest BCUT2D eigenvalue weighted by atomic mass is 16.7. The second-order valence-electron chi connectivity index (χ2n) is 7.37. The molecule has 1 amide bonds. The van der Waals surface area contributed by atoms with Crippen molar-refractivity contribution in [2.45, 2.75) is 25.7 Å². The van der Waals surface area contributed by atoms with E-state index in [1.807, 2.05) is 54.6 Å². The molecule has 5 rings (SSSR count). The van der Waals surface area contributed by atoms with Gasteiger partial charge < -0.3 is 14.8 Å². The fourth-order valence-electron chi connectivity index (χ4n) is 3.85. The lowest BCUT2D eigenvalue weighted by atomic mass is 10.1. The second kappa shape index (κ2) is 7.54. The molecule has 146 valence electrons. The number of nitrogens with one attached hydrogen (secondary N) is 1. The molecule has 0 radical (unpaired) electrons. The first-order chi connectivity index (χ1) is 14.3. The van der Waals surface area contributed by atoms with Crippen molar-refractivity contribution in [2.75, 3.05) is 12.1 Å². The van der Waals surface area contributed by atoms with Crippen molar-refractivity contribution >= 4 is 11.7 Å². The summed E-state index contributed by atoms with van der Waals surface area (Å²) in [5.74, 6) is 2.61. The minimum absolute atomic E-state index is 0.0387. The topological polar surface area (TPSA) is 73.3 Å². The molecular formula is C23H21N3O3. The van der Waals surface area contributed by atoms with Gasteiger partial charge in [-0.15, -0.1) is 0 Å². The Morgan fingerprint density at radius 1 is 0.897 bits per heavy atom. The van der Waals surface area contributed by atoms with E-state index in [0.29, 0.717) is 17.4 Å². The van der Waals surface area contributed by atoms with Crippen molar-refractivity contribution in [2.24, 2.45) is 5.92 Å². The number of hydrogen-bond acceptors (Lipinski definition) is 5. The Hall–Kier alpha value is -3.41. The number of amides is 1. The van der Waals surface area contributed by atoms with E-state index in [1.54, 1.807) is 0 Å². The van der Waals surface area contributed by atoms with Crippen LogP contribution in [-0.4, -0.2) is 22.7 Å². The summed E-state index contributed by atoms with van der Waals surface area (Å²) in [6, 6.07) is 17.3. The highest BCUT2D eigenvalue weighted by Gasteiger charge is 2.23. The van der Waals surface area contributed by atoms with Crippen molar-refractivity contribution in [3.8, 4) is 34.1 Å². The van der Waals surface area contributed by atoms with E-state index in [2.05, 4.69) is 10.3 Å². The molecule has 2 heterocycles. The van der Waals surface area contributed by atoms with Gasteiger partial charge in [0.1, 0.15) is 5.82 Å². The number of carbonyl (C=O) groups is 1. The summed E-state index contributed by atoms with van der Waals surface area (Å²) in [6.45, 7) is 0.223. The number of fused-ring (bicyclic) bond motifs is 1. The molecule has 3 aromatic rings. The standard InChI is InChI=1S/C23H21N3O3/c27-23(16-8-4-5-9-16)26-21-13-18(17-10-11-19-20(12-17)29-14-28-19)24-22(25-21)15-6-2-1-3-7-15/h1-3,6-7,10-13,16H,4-5,8-9,14H2,(H,24,25,26,27). The zero-order chi connectivity index (χ0) is 19.6. The summed E-state index contributed by atoms with van der Waals surface area (Å²) >= 11 is 0. The van der Waals surface area contributed by atoms with Gasteiger partial charge in [0, 0.05) is 23.1 Å². The highest BCUT2D eigenvalue weighted by molar-refractivity contribution is 5.92. The number of carbonyl (C=O) groups excluding carboxylic acids is 1. The minimum Gasteiger partial charge on any atom is -0.454 e. The quantitative estimate of drug-likeness (QED) is 0.704. The van der Waals surface area contributed by atoms with E-state index in [1.165, 1.54) is 0 Å². The normalized spacial score (nSPS) is 15.4. The van der Waals surface area contributed by atoms with Crippen LogP contribution < -0.4 is 14.8 Å². The Kier molecular flexibility index (Phi) is 4.60. The van der Waals surface area contributed by atoms with Crippen molar-refractivity contribution < 1.29 is 14.3 Å². The third-order valence-corrected chi connectivity index (χ3v) is 5.40. The molecule has 0 unspecified atom stereocenters. The lowest BCUT2D eigenvalue weighted by molar-refractivity contribution is -0.119. The number of hydrogen-bond donors (Lipinski definition) is 1. The number of rotatable bonds is 4. The zero-order valence-corrected chi connectivity index (χ0v) is 15.9. The Bertz CT molecular complexity index is 1050. The second-order valence-corrected chi connectivity index (χ2v) is 7.37. The number of ether oxygens (including phenoxy) is 2. The highest BCUT2D eigenvalue weighted by Crippen LogP contribution is 2.36. The summed E-state index contributed by atoms with van der Waals surface area (Å²) in [5, 5.41) is 3.01. The first kappa shape index (κ1) is 17.7. The zero-order valence-electron chi connectivity index (χ0n) is 15.9. The molecule has 29 heavy (non-hydrogen) atoms. The fourth-order valence-corrected chi connectivity index (χ4v) is 3.85. The van der Waals surface area contributed by atoms with Gasteiger partial charge in [0.2, 0.25) is 12.7 Å². The average Bonchev–Trinajstić information content (AvgIpc) is 3.45. The SMILES string of the molecule is O=C(Nc1cc(-c2ccc3c(c2)OCO3)nc(-c2ccccc2)n1)C1CCCC1. The molecule has 1 aliphatic heterocycles. The summed E-state index contributed by atoms with van der Waals surface area (Å²) < 4.78 is 10.9. The maximum Gasteiger partial charge on any atom is 0.231 e. The van der Waals surface area contributed by atoms with Crippen LogP contribution in [0, 0.1) is 5.92 Å². The molecule has 2 aromatic carbocycles. The molecule has 6 heteroatoms. The Morgan fingerprint density at radius 3 is 2.52 bits per heavy atom. The Balaban J connectivity index is 1.54. The van der Waals surface area contributed by atoms with Gasteiger partial charge in [0.15, 0.2) is 17.3 Å². The van der Waals surface area contributed by atoms with Crippen LogP contribution in [0.25, 0.3) is 22.6 Å². The molecule has 1 fully saturated rings. The van der Waals surface area contributed by atoms with E-state index in [0.717, 1.165) is 48.3 Å². The molecule has 1 aromatic heterocycles. The summed E-state index contributed by atoms with van der Waals surface area (Å²) in [6.07, 6.45) is 4.11. The Morgan fingerprint density at radius 2 is 1.69 bits per heavy atom. The first-order valence-electron chi connectivity index (χ1n) is 9.92. The van der Waals surface area contributed by atoms with Crippen LogP contribution in [-0.2, 0) is 4.79 Å². The lowest BCUT2D eigenvalue weighted by Crippen LogP contribution is -2.21. The molecule has 1 N–H and O–H groups in total. The van der Waals surface area contributed by atoms with E-state index in [4.69, 9.17) is 14.5 Å². The number of anilines is 1. The van der Waals surface area contributed by atoms with Crippen LogP contribution in [0.3, 0.4) is 0 Å². The van der Waals surface area contributed by atoms with Crippen molar-refractivity contribution in [3.05, 3.63) is 54.6 Å². The lowest BCUT2D eigenvalue weighted by Gasteiger charge is -2.12. The summed E-state index contributed by atoms with van der Waals surface area (Å²) in [7, 11) is 0. The number of nitrogens with zero attached hydrogens (tertiary/aromatic N) is 2.